The van der Waals surface area contributed by atoms with Crippen LogP contribution in [0.15, 0.2) is 94.9 Å². The first-order chi connectivity index (χ1) is 18.4. The van der Waals surface area contributed by atoms with Crippen molar-refractivity contribution in [3.63, 3.8) is 0 Å². The summed E-state index contributed by atoms with van der Waals surface area (Å²) in [6, 6.07) is 27.6. The molecule has 0 amide bonds. The van der Waals surface area contributed by atoms with E-state index in [1.54, 1.807) is 12.4 Å². The zero-order chi connectivity index (χ0) is 28.2. The van der Waals surface area contributed by atoms with Gasteiger partial charge in [-0.2, -0.15) is 0 Å². The molecule has 2 N–H and O–H groups in total. The Morgan fingerprint density at radius 3 is 1.26 bits per heavy atom. The minimum absolute atomic E-state index is 0.253. The fraction of sp³-hybridized carbons (Fsp3) is 0.257. The van der Waals surface area contributed by atoms with Crippen molar-refractivity contribution in [2.75, 3.05) is 0 Å². The van der Waals surface area contributed by atoms with E-state index >= 15 is 0 Å². The normalized spacial score (nSPS) is 12.5. The molecule has 0 saturated heterocycles. The summed E-state index contributed by atoms with van der Waals surface area (Å²) in [5, 5.41) is 22.3. The lowest BCUT2D eigenvalue weighted by molar-refractivity contribution is 0.445. The van der Waals surface area contributed by atoms with Crippen molar-refractivity contribution in [2.24, 2.45) is 9.98 Å². The van der Waals surface area contributed by atoms with Crippen LogP contribution < -0.4 is 0 Å². The highest BCUT2D eigenvalue weighted by atomic mass is 16.3. The highest BCUT2D eigenvalue weighted by Gasteiger charge is 2.23. The average Bonchev–Trinajstić information content (AvgIpc) is 2.88. The highest BCUT2D eigenvalue weighted by Crippen LogP contribution is 2.37. The monoisotopic (exact) mass is 518 g/mol. The Labute approximate surface area is 232 Å². The maximum Gasteiger partial charge on any atom is 0.128 e. The second-order valence-corrected chi connectivity index (χ2v) is 12.0. The van der Waals surface area contributed by atoms with Crippen LogP contribution >= 0.6 is 0 Å². The molecule has 4 aromatic rings. The van der Waals surface area contributed by atoms with E-state index in [-0.39, 0.29) is 22.3 Å². The SMILES string of the molecule is CC(C)(C)c1cc(Cc2cc(C=Nc3ccccc3)c(O)c(C(C)(C)C)c2)cc(C=Nc2ccccc2)c1O. The van der Waals surface area contributed by atoms with Crippen molar-refractivity contribution in [2.45, 2.75) is 58.8 Å². The molecule has 0 aliphatic heterocycles. The highest BCUT2D eigenvalue weighted by molar-refractivity contribution is 5.87. The van der Waals surface area contributed by atoms with E-state index in [0.717, 1.165) is 33.6 Å². The standard InChI is InChI=1S/C35H38N2O2/c1-34(2,3)30-20-24(18-26(32(30)38)22-36-28-13-9-7-10-14-28)17-25-19-27(23-37-29-15-11-8-12-16-29)33(39)31(21-25)35(4,5)6/h7-16,18-23,38-39H,17H2,1-6H3. The molecule has 4 aromatic carbocycles. The summed E-state index contributed by atoms with van der Waals surface area (Å²) in [6.07, 6.45) is 4.10. The van der Waals surface area contributed by atoms with Crippen molar-refractivity contribution < 1.29 is 10.2 Å². The molecule has 0 aliphatic carbocycles. The second kappa shape index (κ2) is 11.3. The first-order valence-corrected chi connectivity index (χ1v) is 13.3. The van der Waals surface area contributed by atoms with Gasteiger partial charge in [0.25, 0.3) is 0 Å². The number of aromatic hydroxyl groups is 2. The van der Waals surface area contributed by atoms with Crippen molar-refractivity contribution >= 4 is 23.8 Å². The number of benzene rings is 4. The predicted molar refractivity (Wildman–Crippen MR) is 164 cm³/mol. The Morgan fingerprint density at radius 1 is 0.564 bits per heavy atom. The van der Waals surface area contributed by atoms with Gasteiger partial charge in [0.2, 0.25) is 0 Å². The fourth-order valence-corrected chi connectivity index (χ4v) is 4.53. The van der Waals surface area contributed by atoms with Gasteiger partial charge < -0.3 is 10.2 Å². The molecule has 0 aliphatic rings. The van der Waals surface area contributed by atoms with Gasteiger partial charge in [-0.15, -0.1) is 0 Å². The molecule has 4 rings (SSSR count). The second-order valence-electron chi connectivity index (χ2n) is 12.0. The number of rotatable bonds is 6. The van der Waals surface area contributed by atoms with Crippen molar-refractivity contribution in [3.8, 4) is 11.5 Å². The topological polar surface area (TPSA) is 65.2 Å². The molecule has 0 aromatic heterocycles. The number of para-hydroxylation sites is 2. The zero-order valence-corrected chi connectivity index (χ0v) is 23.7. The molecular formula is C35H38N2O2. The summed E-state index contributed by atoms with van der Waals surface area (Å²) in [4.78, 5) is 9.20. The van der Waals surface area contributed by atoms with E-state index < -0.39 is 0 Å². The van der Waals surface area contributed by atoms with Crippen molar-refractivity contribution in [3.05, 3.63) is 118 Å². The van der Waals surface area contributed by atoms with Crippen LogP contribution in [0.5, 0.6) is 11.5 Å². The Morgan fingerprint density at radius 2 is 0.923 bits per heavy atom. The molecule has 0 fully saturated rings. The van der Waals surface area contributed by atoms with Gasteiger partial charge >= 0.3 is 0 Å². The summed E-state index contributed by atoms with van der Waals surface area (Å²) in [6.45, 7) is 12.6. The molecule has 4 nitrogen and oxygen atoms in total. The minimum atomic E-state index is -0.255. The number of phenols is 2. The maximum atomic E-state index is 11.2. The molecule has 0 heterocycles. The summed E-state index contributed by atoms with van der Waals surface area (Å²) in [5.41, 5.74) is 6.37. The molecule has 39 heavy (non-hydrogen) atoms. The Hall–Kier alpha value is -4.18. The predicted octanol–water partition coefficient (Wildman–Crippen LogP) is 8.78. The molecular weight excluding hydrogens is 480 g/mol. The quantitative estimate of drug-likeness (QED) is 0.251. The summed E-state index contributed by atoms with van der Waals surface area (Å²) in [5.74, 6) is 0.505. The van der Waals surface area contributed by atoms with E-state index in [9.17, 15) is 10.2 Å². The largest absolute Gasteiger partial charge is 0.507 e. The zero-order valence-electron chi connectivity index (χ0n) is 23.7. The Balaban J connectivity index is 1.78. The molecule has 200 valence electrons. The summed E-state index contributed by atoms with van der Waals surface area (Å²) < 4.78 is 0. The lowest BCUT2D eigenvalue weighted by atomic mass is 9.82. The van der Waals surface area contributed by atoms with Gasteiger partial charge in [-0.25, -0.2) is 0 Å². The average molecular weight is 519 g/mol. The number of aliphatic imine (C=N–C) groups is 2. The molecule has 0 bridgehead atoms. The smallest absolute Gasteiger partial charge is 0.128 e. The molecule has 0 saturated carbocycles. The Bertz CT molecular complexity index is 1380. The van der Waals surface area contributed by atoms with Crippen LogP contribution in [0, 0.1) is 0 Å². The van der Waals surface area contributed by atoms with Crippen LogP contribution in [0.2, 0.25) is 0 Å². The van der Waals surface area contributed by atoms with Crippen LogP contribution in [-0.2, 0) is 17.3 Å². The number of hydrogen-bond donors (Lipinski definition) is 2. The summed E-state index contributed by atoms with van der Waals surface area (Å²) in [7, 11) is 0. The van der Waals surface area contributed by atoms with Gasteiger partial charge in [0.1, 0.15) is 11.5 Å². The van der Waals surface area contributed by atoms with Gasteiger partial charge in [0.15, 0.2) is 0 Å². The fourth-order valence-electron chi connectivity index (χ4n) is 4.53. The summed E-state index contributed by atoms with van der Waals surface area (Å²) >= 11 is 0. The van der Waals surface area contributed by atoms with Crippen LogP contribution in [0.4, 0.5) is 11.4 Å². The molecule has 0 radical (unpaired) electrons. The third-order valence-corrected chi connectivity index (χ3v) is 6.64. The lowest BCUT2D eigenvalue weighted by Gasteiger charge is -2.24. The van der Waals surface area contributed by atoms with Gasteiger partial charge in [-0.1, -0.05) is 90.1 Å². The van der Waals surface area contributed by atoms with Gasteiger partial charge in [-0.05, 0) is 64.8 Å². The Kier molecular flexibility index (Phi) is 8.06. The van der Waals surface area contributed by atoms with Crippen LogP contribution in [0.3, 0.4) is 0 Å². The molecule has 0 spiro atoms. The van der Waals surface area contributed by atoms with Gasteiger partial charge in [-0.3, -0.25) is 9.98 Å². The molecule has 0 unspecified atom stereocenters. The first kappa shape index (κ1) is 27.8. The lowest BCUT2D eigenvalue weighted by Crippen LogP contribution is -2.14. The van der Waals surface area contributed by atoms with Crippen LogP contribution in [0.1, 0.15) is 74.9 Å². The van der Waals surface area contributed by atoms with Gasteiger partial charge in [0.05, 0.1) is 11.4 Å². The van der Waals surface area contributed by atoms with E-state index in [4.69, 9.17) is 0 Å². The first-order valence-electron chi connectivity index (χ1n) is 13.3. The number of nitrogens with zero attached hydrogens (tertiary/aromatic N) is 2. The third-order valence-electron chi connectivity index (χ3n) is 6.64. The van der Waals surface area contributed by atoms with Gasteiger partial charge in [0, 0.05) is 34.7 Å². The van der Waals surface area contributed by atoms with E-state index in [1.165, 1.54) is 0 Å². The minimum Gasteiger partial charge on any atom is -0.507 e. The number of phenolic OH excluding ortho intramolecular Hbond substituents is 2. The number of hydrogen-bond acceptors (Lipinski definition) is 4. The molecule has 4 heteroatoms. The van der Waals surface area contributed by atoms with Crippen molar-refractivity contribution in [1.82, 2.24) is 0 Å². The van der Waals surface area contributed by atoms with E-state index in [1.807, 2.05) is 72.8 Å². The van der Waals surface area contributed by atoms with Crippen LogP contribution in [0.25, 0.3) is 0 Å². The van der Waals surface area contributed by atoms with Crippen molar-refractivity contribution in [1.29, 1.82) is 0 Å². The maximum absolute atomic E-state index is 11.2. The van der Waals surface area contributed by atoms with Crippen LogP contribution in [-0.4, -0.2) is 22.6 Å². The third kappa shape index (κ3) is 7.02. The van der Waals surface area contributed by atoms with E-state index in [0.29, 0.717) is 17.5 Å². The molecule has 0 atom stereocenters. The van der Waals surface area contributed by atoms with E-state index in [2.05, 4.69) is 63.7 Å².